The van der Waals surface area contributed by atoms with Crippen molar-refractivity contribution >= 4 is 0 Å². The average molecular weight is 288 g/mol. The highest BCUT2D eigenvalue weighted by molar-refractivity contribution is 5.22. The molecule has 1 saturated carbocycles. The summed E-state index contributed by atoms with van der Waals surface area (Å²) in [6.45, 7) is 7.89. The zero-order chi connectivity index (χ0) is 15.1. The Labute approximate surface area is 130 Å². The van der Waals surface area contributed by atoms with Gasteiger partial charge in [-0.15, -0.1) is 0 Å². The number of rotatable bonds is 7. The van der Waals surface area contributed by atoms with Gasteiger partial charge in [0.05, 0.1) is 0 Å². The predicted molar refractivity (Wildman–Crippen MR) is 91.6 cm³/mol. The Hall–Kier alpha value is -0.860. The Kier molecular flexibility index (Phi) is 6.72. The van der Waals surface area contributed by atoms with Gasteiger partial charge in [-0.2, -0.15) is 0 Å². The Morgan fingerprint density at radius 3 is 2.81 bits per heavy atom. The molecule has 0 heterocycles. The van der Waals surface area contributed by atoms with Crippen molar-refractivity contribution in [1.82, 2.24) is 10.2 Å². The highest BCUT2D eigenvalue weighted by Gasteiger charge is 2.25. The molecule has 2 rings (SSSR count). The van der Waals surface area contributed by atoms with E-state index >= 15 is 0 Å². The fourth-order valence-corrected chi connectivity index (χ4v) is 3.61. The normalized spacial score (nSPS) is 22.7. The van der Waals surface area contributed by atoms with Crippen LogP contribution in [0.5, 0.6) is 0 Å². The van der Waals surface area contributed by atoms with Crippen LogP contribution in [-0.2, 0) is 6.54 Å². The highest BCUT2D eigenvalue weighted by Crippen LogP contribution is 2.25. The minimum absolute atomic E-state index is 0.735. The third-order valence-electron chi connectivity index (χ3n) is 4.65. The first-order valence-electron chi connectivity index (χ1n) is 8.66. The van der Waals surface area contributed by atoms with E-state index in [-0.39, 0.29) is 0 Å². The summed E-state index contributed by atoms with van der Waals surface area (Å²) in [6.07, 6.45) is 6.80. The molecule has 1 aromatic rings. The zero-order valence-electron chi connectivity index (χ0n) is 14.1. The summed E-state index contributed by atoms with van der Waals surface area (Å²) < 4.78 is 0. The summed E-state index contributed by atoms with van der Waals surface area (Å²) in [5.74, 6) is 0.820. The number of hydrogen-bond donors (Lipinski definition) is 1. The van der Waals surface area contributed by atoms with Gasteiger partial charge in [0, 0.05) is 19.1 Å². The lowest BCUT2D eigenvalue weighted by atomic mass is 9.84. The van der Waals surface area contributed by atoms with Crippen molar-refractivity contribution < 1.29 is 0 Å². The van der Waals surface area contributed by atoms with Gasteiger partial charge in [-0.1, -0.05) is 49.6 Å². The minimum Gasteiger partial charge on any atom is -0.314 e. The molecule has 2 nitrogen and oxygen atoms in total. The van der Waals surface area contributed by atoms with Crippen molar-refractivity contribution in [2.24, 2.45) is 5.92 Å². The number of nitrogens with zero attached hydrogens (tertiary/aromatic N) is 1. The molecule has 1 fully saturated rings. The van der Waals surface area contributed by atoms with Gasteiger partial charge in [-0.05, 0) is 51.3 Å². The van der Waals surface area contributed by atoms with E-state index in [1.807, 2.05) is 0 Å². The van der Waals surface area contributed by atoms with Crippen molar-refractivity contribution in [2.45, 2.75) is 58.5 Å². The van der Waals surface area contributed by atoms with Crippen LogP contribution < -0.4 is 5.32 Å². The molecular formula is C19H32N2. The smallest absolute Gasteiger partial charge is 0.0230 e. The van der Waals surface area contributed by atoms with Crippen LogP contribution in [0.3, 0.4) is 0 Å². The van der Waals surface area contributed by atoms with Gasteiger partial charge in [0.1, 0.15) is 0 Å². The van der Waals surface area contributed by atoms with Crippen LogP contribution in [0, 0.1) is 12.8 Å². The molecule has 0 aliphatic heterocycles. The lowest BCUT2D eigenvalue weighted by Gasteiger charge is -2.35. The molecule has 0 spiro atoms. The Balaban J connectivity index is 1.86. The van der Waals surface area contributed by atoms with Gasteiger partial charge in [-0.3, -0.25) is 0 Å². The van der Waals surface area contributed by atoms with Gasteiger partial charge in [0.2, 0.25) is 0 Å². The van der Waals surface area contributed by atoms with Crippen molar-refractivity contribution in [3.8, 4) is 0 Å². The summed E-state index contributed by atoms with van der Waals surface area (Å²) >= 11 is 0. The third kappa shape index (κ3) is 5.44. The summed E-state index contributed by atoms with van der Waals surface area (Å²) in [5, 5.41) is 3.77. The van der Waals surface area contributed by atoms with Gasteiger partial charge >= 0.3 is 0 Å². The first-order valence-corrected chi connectivity index (χ1v) is 8.66. The second-order valence-corrected chi connectivity index (χ2v) is 6.79. The topological polar surface area (TPSA) is 15.3 Å². The minimum atomic E-state index is 0.735. The molecule has 0 amide bonds. The monoisotopic (exact) mass is 288 g/mol. The van der Waals surface area contributed by atoms with E-state index in [9.17, 15) is 0 Å². The predicted octanol–water partition coefficient (Wildman–Crippen LogP) is 3.99. The maximum atomic E-state index is 3.77. The van der Waals surface area contributed by atoms with Gasteiger partial charge in [-0.25, -0.2) is 0 Å². The standard InChI is InChI=1S/C19H32N2/c1-4-12-20-19-11-6-5-10-18(19)15-21(3)14-17-9-7-8-16(2)13-17/h7-9,13,18-20H,4-6,10-12,14-15H2,1-3H3. The van der Waals surface area contributed by atoms with E-state index in [1.54, 1.807) is 0 Å². The fraction of sp³-hybridized carbons (Fsp3) is 0.684. The number of hydrogen-bond acceptors (Lipinski definition) is 2. The van der Waals surface area contributed by atoms with Crippen LogP contribution in [-0.4, -0.2) is 31.1 Å². The molecule has 21 heavy (non-hydrogen) atoms. The van der Waals surface area contributed by atoms with Crippen molar-refractivity contribution in [2.75, 3.05) is 20.1 Å². The molecule has 0 aromatic heterocycles. The average Bonchev–Trinajstić information content (AvgIpc) is 2.46. The quantitative estimate of drug-likeness (QED) is 0.816. The first kappa shape index (κ1) is 16.5. The molecule has 2 heteroatoms. The van der Waals surface area contributed by atoms with Crippen LogP contribution in [0.15, 0.2) is 24.3 Å². The largest absolute Gasteiger partial charge is 0.314 e. The fourth-order valence-electron chi connectivity index (χ4n) is 3.61. The number of benzene rings is 1. The Morgan fingerprint density at radius 1 is 1.24 bits per heavy atom. The van der Waals surface area contributed by atoms with Crippen LogP contribution in [0.2, 0.25) is 0 Å². The van der Waals surface area contributed by atoms with Gasteiger partial charge < -0.3 is 10.2 Å². The second kappa shape index (κ2) is 8.55. The van der Waals surface area contributed by atoms with Gasteiger partial charge in [0.25, 0.3) is 0 Å². The molecule has 2 unspecified atom stereocenters. The molecular weight excluding hydrogens is 256 g/mol. The van der Waals surface area contributed by atoms with Gasteiger partial charge in [0.15, 0.2) is 0 Å². The van der Waals surface area contributed by atoms with Crippen LogP contribution in [0.4, 0.5) is 0 Å². The lowest BCUT2D eigenvalue weighted by molar-refractivity contribution is 0.185. The SMILES string of the molecule is CCCNC1CCCCC1CN(C)Cc1cccc(C)c1. The maximum absolute atomic E-state index is 3.77. The van der Waals surface area contributed by atoms with E-state index in [4.69, 9.17) is 0 Å². The molecule has 2 atom stereocenters. The Morgan fingerprint density at radius 2 is 2.05 bits per heavy atom. The van der Waals surface area contributed by atoms with Crippen molar-refractivity contribution in [1.29, 1.82) is 0 Å². The summed E-state index contributed by atoms with van der Waals surface area (Å²) in [7, 11) is 2.27. The molecule has 0 radical (unpaired) electrons. The lowest BCUT2D eigenvalue weighted by Crippen LogP contribution is -2.43. The molecule has 1 N–H and O–H groups in total. The number of nitrogens with one attached hydrogen (secondary N) is 1. The van der Waals surface area contributed by atoms with E-state index in [0.717, 1.165) is 18.5 Å². The summed E-state index contributed by atoms with van der Waals surface area (Å²) in [5.41, 5.74) is 2.80. The third-order valence-corrected chi connectivity index (χ3v) is 4.65. The van der Waals surface area contributed by atoms with E-state index in [0.29, 0.717) is 0 Å². The van der Waals surface area contributed by atoms with E-state index in [1.165, 1.54) is 56.3 Å². The highest BCUT2D eigenvalue weighted by atomic mass is 15.1. The van der Waals surface area contributed by atoms with E-state index < -0.39 is 0 Å². The maximum Gasteiger partial charge on any atom is 0.0230 e. The molecule has 1 aliphatic carbocycles. The second-order valence-electron chi connectivity index (χ2n) is 6.79. The van der Waals surface area contributed by atoms with Crippen LogP contribution in [0.25, 0.3) is 0 Å². The zero-order valence-corrected chi connectivity index (χ0v) is 14.1. The molecule has 0 bridgehead atoms. The summed E-state index contributed by atoms with van der Waals surface area (Å²) in [4.78, 5) is 2.51. The molecule has 118 valence electrons. The van der Waals surface area contributed by atoms with E-state index in [2.05, 4.69) is 55.4 Å². The molecule has 1 aromatic carbocycles. The summed E-state index contributed by atoms with van der Waals surface area (Å²) in [6, 6.07) is 9.64. The van der Waals surface area contributed by atoms with Crippen molar-refractivity contribution in [3.05, 3.63) is 35.4 Å². The molecule has 1 aliphatic rings. The number of aryl methyl sites for hydroxylation is 1. The first-order chi connectivity index (χ1) is 10.2. The Bertz CT molecular complexity index is 416. The molecule has 0 saturated heterocycles. The van der Waals surface area contributed by atoms with Crippen LogP contribution in [0.1, 0.15) is 50.2 Å². The van der Waals surface area contributed by atoms with Crippen LogP contribution >= 0.6 is 0 Å². The van der Waals surface area contributed by atoms with Crippen molar-refractivity contribution in [3.63, 3.8) is 0 Å².